The van der Waals surface area contributed by atoms with Gasteiger partial charge >= 0.3 is 0 Å². The monoisotopic (exact) mass is 320 g/mol. The highest BCUT2D eigenvalue weighted by Gasteiger charge is 2.09. The standard InChI is InChI=1S/C17H36O3S/c1-3-5-6-7-8-9-10-11-12-14-17(18)15-13-16-21(19,20)4-2/h17-18H,3-16H2,1-2H3. The van der Waals surface area contributed by atoms with E-state index in [0.29, 0.717) is 12.8 Å². The van der Waals surface area contributed by atoms with Crippen LogP contribution in [-0.2, 0) is 9.84 Å². The molecule has 0 rings (SSSR count). The molecule has 0 aliphatic rings. The lowest BCUT2D eigenvalue weighted by molar-refractivity contribution is 0.150. The molecule has 0 saturated carbocycles. The third kappa shape index (κ3) is 14.6. The Morgan fingerprint density at radius 1 is 0.762 bits per heavy atom. The van der Waals surface area contributed by atoms with Crippen molar-refractivity contribution in [1.82, 2.24) is 0 Å². The Balaban J connectivity index is 3.32. The van der Waals surface area contributed by atoms with Crippen LogP contribution in [-0.4, -0.2) is 31.1 Å². The summed E-state index contributed by atoms with van der Waals surface area (Å²) in [7, 11) is -2.87. The van der Waals surface area contributed by atoms with Crippen molar-refractivity contribution >= 4 is 9.84 Å². The highest BCUT2D eigenvalue weighted by atomic mass is 32.2. The van der Waals surface area contributed by atoms with E-state index in [4.69, 9.17) is 0 Å². The van der Waals surface area contributed by atoms with Gasteiger partial charge in [0, 0.05) is 5.75 Å². The lowest BCUT2D eigenvalue weighted by Gasteiger charge is -2.10. The van der Waals surface area contributed by atoms with Gasteiger partial charge in [-0.15, -0.1) is 0 Å². The molecule has 128 valence electrons. The second-order valence-corrected chi connectivity index (χ2v) is 8.62. The van der Waals surface area contributed by atoms with Crippen LogP contribution in [0.25, 0.3) is 0 Å². The summed E-state index contributed by atoms with van der Waals surface area (Å²) in [5.74, 6) is 0.430. The average Bonchev–Trinajstić information content (AvgIpc) is 2.45. The zero-order chi connectivity index (χ0) is 16.0. The van der Waals surface area contributed by atoms with E-state index in [0.717, 1.165) is 12.8 Å². The van der Waals surface area contributed by atoms with Gasteiger partial charge in [-0.2, -0.15) is 0 Å². The summed E-state index contributed by atoms with van der Waals surface area (Å²) in [6.07, 6.45) is 13.3. The highest BCUT2D eigenvalue weighted by Crippen LogP contribution is 2.13. The zero-order valence-electron chi connectivity index (χ0n) is 14.1. The molecular weight excluding hydrogens is 284 g/mol. The highest BCUT2D eigenvalue weighted by molar-refractivity contribution is 7.91. The Labute approximate surface area is 132 Å². The van der Waals surface area contributed by atoms with E-state index in [2.05, 4.69) is 6.92 Å². The van der Waals surface area contributed by atoms with Crippen LogP contribution in [0.1, 0.15) is 90.9 Å². The number of sulfone groups is 1. The largest absolute Gasteiger partial charge is 0.393 e. The van der Waals surface area contributed by atoms with Crippen LogP contribution in [0.5, 0.6) is 0 Å². The van der Waals surface area contributed by atoms with E-state index in [1.54, 1.807) is 6.92 Å². The topological polar surface area (TPSA) is 54.4 Å². The van der Waals surface area contributed by atoms with Gasteiger partial charge in [0.2, 0.25) is 0 Å². The lowest BCUT2D eigenvalue weighted by atomic mass is 10.0. The fourth-order valence-corrected chi connectivity index (χ4v) is 3.41. The molecule has 4 heteroatoms. The van der Waals surface area contributed by atoms with E-state index in [1.807, 2.05) is 0 Å². The van der Waals surface area contributed by atoms with Crippen LogP contribution in [0.3, 0.4) is 0 Å². The molecule has 0 aromatic carbocycles. The minimum Gasteiger partial charge on any atom is -0.393 e. The van der Waals surface area contributed by atoms with Crippen molar-refractivity contribution in [2.75, 3.05) is 11.5 Å². The molecule has 0 aliphatic carbocycles. The third-order valence-corrected chi connectivity index (χ3v) is 5.86. The molecule has 0 aromatic rings. The van der Waals surface area contributed by atoms with E-state index >= 15 is 0 Å². The first kappa shape index (κ1) is 20.9. The Morgan fingerprint density at radius 3 is 1.76 bits per heavy atom. The van der Waals surface area contributed by atoms with E-state index < -0.39 is 9.84 Å². The van der Waals surface area contributed by atoms with Gasteiger partial charge in [0.25, 0.3) is 0 Å². The molecule has 1 unspecified atom stereocenters. The van der Waals surface area contributed by atoms with Crippen molar-refractivity contribution in [3.8, 4) is 0 Å². The number of rotatable bonds is 15. The summed E-state index contributed by atoms with van der Waals surface area (Å²) >= 11 is 0. The third-order valence-electron chi connectivity index (χ3n) is 4.07. The molecule has 0 amide bonds. The van der Waals surface area contributed by atoms with E-state index in [9.17, 15) is 13.5 Å². The summed E-state index contributed by atoms with van der Waals surface area (Å²) in [5, 5.41) is 9.82. The zero-order valence-corrected chi connectivity index (χ0v) is 15.0. The Bertz CT molecular complexity index is 312. The summed E-state index contributed by atoms with van der Waals surface area (Å²) in [6, 6.07) is 0. The van der Waals surface area contributed by atoms with Crippen LogP contribution in [0.2, 0.25) is 0 Å². The Morgan fingerprint density at radius 2 is 1.24 bits per heavy atom. The fraction of sp³-hybridized carbons (Fsp3) is 1.00. The summed E-state index contributed by atoms with van der Waals surface area (Å²) in [5.41, 5.74) is 0. The molecule has 1 N–H and O–H groups in total. The van der Waals surface area contributed by atoms with Gasteiger partial charge in [-0.3, -0.25) is 0 Å². The van der Waals surface area contributed by atoms with Crippen molar-refractivity contribution < 1.29 is 13.5 Å². The van der Waals surface area contributed by atoms with Crippen molar-refractivity contribution in [2.24, 2.45) is 0 Å². The SMILES string of the molecule is CCCCCCCCCCCC(O)CCCS(=O)(=O)CC. The van der Waals surface area contributed by atoms with Gasteiger partial charge < -0.3 is 5.11 Å². The van der Waals surface area contributed by atoms with Crippen molar-refractivity contribution in [3.63, 3.8) is 0 Å². The molecule has 0 spiro atoms. The van der Waals surface area contributed by atoms with Gasteiger partial charge in [0.15, 0.2) is 0 Å². The smallest absolute Gasteiger partial charge is 0.150 e. The maximum Gasteiger partial charge on any atom is 0.150 e. The molecule has 0 aromatic heterocycles. The molecule has 21 heavy (non-hydrogen) atoms. The van der Waals surface area contributed by atoms with Crippen LogP contribution in [0.4, 0.5) is 0 Å². The Hall–Kier alpha value is -0.0900. The first-order valence-electron chi connectivity index (χ1n) is 8.90. The average molecular weight is 321 g/mol. The molecule has 0 heterocycles. The molecule has 0 aliphatic heterocycles. The maximum absolute atomic E-state index is 11.3. The van der Waals surface area contributed by atoms with Gasteiger partial charge in [0.05, 0.1) is 11.9 Å². The molecule has 0 radical (unpaired) electrons. The minimum absolute atomic E-state index is 0.210. The van der Waals surface area contributed by atoms with Gasteiger partial charge in [-0.25, -0.2) is 8.42 Å². The molecule has 0 saturated heterocycles. The first-order valence-corrected chi connectivity index (χ1v) is 10.7. The number of aliphatic hydroxyl groups is 1. The van der Waals surface area contributed by atoms with Crippen LogP contribution < -0.4 is 0 Å². The minimum atomic E-state index is -2.87. The molecule has 3 nitrogen and oxygen atoms in total. The number of hydrogen-bond donors (Lipinski definition) is 1. The predicted octanol–water partition coefficient (Wildman–Crippen LogP) is 4.48. The lowest BCUT2D eigenvalue weighted by Crippen LogP contribution is -2.12. The second-order valence-electron chi connectivity index (χ2n) is 6.15. The van der Waals surface area contributed by atoms with E-state index in [1.165, 1.54) is 51.4 Å². The van der Waals surface area contributed by atoms with E-state index in [-0.39, 0.29) is 17.6 Å². The predicted molar refractivity (Wildman–Crippen MR) is 91.4 cm³/mol. The summed E-state index contributed by atoms with van der Waals surface area (Å²) in [4.78, 5) is 0. The summed E-state index contributed by atoms with van der Waals surface area (Å²) < 4.78 is 22.7. The number of unbranched alkanes of at least 4 members (excludes halogenated alkanes) is 8. The van der Waals surface area contributed by atoms with Gasteiger partial charge in [-0.05, 0) is 19.3 Å². The van der Waals surface area contributed by atoms with Crippen LogP contribution in [0.15, 0.2) is 0 Å². The van der Waals surface area contributed by atoms with Crippen molar-refractivity contribution in [3.05, 3.63) is 0 Å². The molecule has 1 atom stereocenters. The maximum atomic E-state index is 11.3. The second kappa shape index (κ2) is 13.6. The van der Waals surface area contributed by atoms with Crippen LogP contribution in [0, 0.1) is 0 Å². The Kier molecular flexibility index (Phi) is 13.5. The quantitative estimate of drug-likeness (QED) is 0.452. The molecule has 0 fully saturated rings. The van der Waals surface area contributed by atoms with Gasteiger partial charge in [0.1, 0.15) is 9.84 Å². The number of aliphatic hydroxyl groups excluding tert-OH is 1. The fourth-order valence-electron chi connectivity index (χ4n) is 2.52. The normalized spacial score (nSPS) is 13.5. The van der Waals surface area contributed by atoms with Gasteiger partial charge in [-0.1, -0.05) is 71.6 Å². The van der Waals surface area contributed by atoms with Crippen LogP contribution >= 0.6 is 0 Å². The first-order chi connectivity index (χ1) is 10.0. The molecular formula is C17H36O3S. The van der Waals surface area contributed by atoms with Crippen molar-refractivity contribution in [1.29, 1.82) is 0 Å². The summed E-state index contributed by atoms with van der Waals surface area (Å²) in [6.45, 7) is 3.91. The molecule has 0 bridgehead atoms. The number of hydrogen-bond acceptors (Lipinski definition) is 3. The van der Waals surface area contributed by atoms with Crippen molar-refractivity contribution in [2.45, 2.75) is 97.0 Å².